The Balaban J connectivity index is 2.80. The van der Waals surface area contributed by atoms with E-state index in [2.05, 4.69) is 6.07 Å². The molecule has 1 aromatic rings. The normalized spacial score (nSPS) is 10.2. The van der Waals surface area contributed by atoms with Crippen molar-refractivity contribution >= 4 is 34.8 Å². The predicted molar refractivity (Wildman–Crippen MR) is 54.2 cm³/mol. The minimum Gasteiger partial charge on any atom is -0.313 e. The standard InChI is InChI=1S/C9H8Cl2NO/c1-12(9(13)8(10)11)7-5-3-2-4-6-7/h2-5,8H,1H3. The van der Waals surface area contributed by atoms with Gasteiger partial charge in [0.25, 0.3) is 5.91 Å². The number of para-hydroxylation sites is 1. The van der Waals surface area contributed by atoms with Crippen LogP contribution >= 0.6 is 23.2 Å². The highest BCUT2D eigenvalue weighted by molar-refractivity contribution is 6.54. The molecule has 1 rings (SSSR count). The highest BCUT2D eigenvalue weighted by atomic mass is 35.5. The maximum Gasteiger partial charge on any atom is 0.260 e. The van der Waals surface area contributed by atoms with Crippen molar-refractivity contribution in [3.8, 4) is 0 Å². The number of carbonyl (C=O) groups is 1. The minimum atomic E-state index is -1.03. The van der Waals surface area contributed by atoms with E-state index in [1.807, 2.05) is 12.1 Å². The number of hydrogen-bond acceptors (Lipinski definition) is 1. The molecule has 4 heteroatoms. The second-order valence-electron chi connectivity index (χ2n) is 2.45. The van der Waals surface area contributed by atoms with Crippen LogP contribution in [0.5, 0.6) is 0 Å². The molecule has 0 aliphatic carbocycles. The summed E-state index contributed by atoms with van der Waals surface area (Å²) in [5, 5.41) is 0. The van der Waals surface area contributed by atoms with E-state index in [9.17, 15) is 4.79 Å². The summed E-state index contributed by atoms with van der Waals surface area (Å²) in [7, 11) is 1.60. The van der Waals surface area contributed by atoms with Crippen LogP contribution < -0.4 is 4.90 Å². The van der Waals surface area contributed by atoms with Crippen LogP contribution in [0.3, 0.4) is 0 Å². The Morgan fingerprint density at radius 1 is 1.54 bits per heavy atom. The van der Waals surface area contributed by atoms with Gasteiger partial charge in [-0.25, -0.2) is 0 Å². The van der Waals surface area contributed by atoms with Crippen LogP contribution in [0.2, 0.25) is 0 Å². The third-order valence-electron chi connectivity index (χ3n) is 1.57. The fraction of sp³-hybridized carbons (Fsp3) is 0.222. The minimum absolute atomic E-state index is 0.356. The Morgan fingerprint density at radius 2 is 2.23 bits per heavy atom. The first kappa shape index (κ1) is 10.4. The summed E-state index contributed by atoms with van der Waals surface area (Å²) in [5.41, 5.74) is 0.652. The predicted octanol–water partition coefficient (Wildman–Crippen LogP) is 2.25. The molecule has 0 N–H and O–H groups in total. The van der Waals surface area contributed by atoms with Gasteiger partial charge in [-0.15, -0.1) is 0 Å². The average Bonchev–Trinajstić information content (AvgIpc) is 2.17. The van der Waals surface area contributed by atoms with Crippen molar-refractivity contribution in [2.45, 2.75) is 4.84 Å². The first-order valence-corrected chi connectivity index (χ1v) is 4.52. The summed E-state index contributed by atoms with van der Waals surface area (Å²) in [4.78, 5) is 11.6. The van der Waals surface area contributed by atoms with Gasteiger partial charge in [-0.2, -0.15) is 0 Å². The quantitative estimate of drug-likeness (QED) is 0.695. The SMILES string of the molecule is CN(C(=O)C(Cl)Cl)c1[c]cccc1. The average molecular weight is 217 g/mol. The molecular weight excluding hydrogens is 209 g/mol. The van der Waals surface area contributed by atoms with E-state index >= 15 is 0 Å². The Hall–Kier alpha value is -0.730. The van der Waals surface area contributed by atoms with Crippen LogP contribution in [0.25, 0.3) is 0 Å². The molecule has 1 radical (unpaired) electrons. The van der Waals surface area contributed by atoms with Crippen LogP contribution in [0.1, 0.15) is 0 Å². The van der Waals surface area contributed by atoms with Gasteiger partial charge >= 0.3 is 0 Å². The highest BCUT2D eigenvalue weighted by Crippen LogP contribution is 2.14. The second-order valence-corrected chi connectivity index (χ2v) is 3.54. The van der Waals surface area contributed by atoms with E-state index in [0.717, 1.165) is 0 Å². The van der Waals surface area contributed by atoms with Crippen molar-refractivity contribution < 1.29 is 4.79 Å². The maximum atomic E-state index is 11.3. The lowest BCUT2D eigenvalue weighted by atomic mass is 10.3. The monoisotopic (exact) mass is 216 g/mol. The summed E-state index contributed by atoms with van der Waals surface area (Å²) >= 11 is 10.9. The summed E-state index contributed by atoms with van der Waals surface area (Å²) in [6, 6.07) is 10.0. The van der Waals surface area contributed by atoms with Crippen molar-refractivity contribution in [3.05, 3.63) is 30.3 Å². The van der Waals surface area contributed by atoms with E-state index in [1.54, 1.807) is 19.2 Å². The molecule has 0 saturated heterocycles. The van der Waals surface area contributed by atoms with Gasteiger partial charge in [0.1, 0.15) is 0 Å². The Morgan fingerprint density at radius 3 is 2.69 bits per heavy atom. The first-order chi connectivity index (χ1) is 6.13. The topological polar surface area (TPSA) is 20.3 Å². The molecule has 2 nitrogen and oxygen atoms in total. The van der Waals surface area contributed by atoms with Crippen LogP contribution in [0.4, 0.5) is 5.69 Å². The van der Waals surface area contributed by atoms with Gasteiger partial charge in [-0.05, 0) is 6.07 Å². The van der Waals surface area contributed by atoms with Gasteiger partial charge < -0.3 is 4.90 Å². The number of halogens is 2. The van der Waals surface area contributed by atoms with E-state index in [-0.39, 0.29) is 5.91 Å². The molecule has 0 fully saturated rings. The van der Waals surface area contributed by atoms with Crippen LogP contribution in [0.15, 0.2) is 24.3 Å². The smallest absolute Gasteiger partial charge is 0.260 e. The van der Waals surface area contributed by atoms with Gasteiger partial charge in [-0.3, -0.25) is 4.79 Å². The molecule has 0 bridgehead atoms. The number of benzene rings is 1. The van der Waals surface area contributed by atoms with Crippen molar-refractivity contribution in [1.29, 1.82) is 0 Å². The van der Waals surface area contributed by atoms with Crippen molar-refractivity contribution in [3.63, 3.8) is 0 Å². The van der Waals surface area contributed by atoms with Gasteiger partial charge in [0.2, 0.25) is 0 Å². The van der Waals surface area contributed by atoms with Crippen molar-refractivity contribution in [2.75, 3.05) is 11.9 Å². The van der Waals surface area contributed by atoms with Gasteiger partial charge in [0, 0.05) is 13.1 Å². The first-order valence-electron chi connectivity index (χ1n) is 3.65. The van der Waals surface area contributed by atoms with Gasteiger partial charge in [0.15, 0.2) is 4.84 Å². The molecular formula is C9H8Cl2NO. The fourth-order valence-electron chi connectivity index (χ4n) is 0.858. The molecule has 0 aliphatic heterocycles. The van der Waals surface area contributed by atoms with Gasteiger partial charge in [-0.1, -0.05) is 41.4 Å². The number of alkyl halides is 2. The second kappa shape index (κ2) is 4.49. The Labute approximate surface area is 87.1 Å². The third-order valence-corrected chi connectivity index (χ3v) is 1.94. The molecule has 1 aromatic carbocycles. The van der Waals surface area contributed by atoms with Crippen molar-refractivity contribution in [1.82, 2.24) is 0 Å². The zero-order valence-electron chi connectivity index (χ0n) is 7.00. The molecule has 0 spiro atoms. The number of nitrogens with zero attached hydrogens (tertiary/aromatic N) is 1. The molecule has 0 saturated carbocycles. The number of carbonyl (C=O) groups excluding carboxylic acids is 1. The van der Waals surface area contributed by atoms with E-state index in [4.69, 9.17) is 23.2 Å². The zero-order valence-corrected chi connectivity index (χ0v) is 8.51. The number of amides is 1. The number of hydrogen-bond donors (Lipinski definition) is 0. The summed E-state index contributed by atoms with van der Waals surface area (Å²) in [6.45, 7) is 0. The van der Waals surface area contributed by atoms with Crippen LogP contribution in [-0.4, -0.2) is 17.8 Å². The lowest BCUT2D eigenvalue weighted by Crippen LogP contribution is -2.30. The maximum absolute atomic E-state index is 11.3. The van der Waals surface area contributed by atoms with Crippen LogP contribution in [0, 0.1) is 6.07 Å². The third kappa shape index (κ3) is 2.61. The molecule has 0 aliphatic rings. The van der Waals surface area contributed by atoms with Crippen molar-refractivity contribution in [2.24, 2.45) is 0 Å². The van der Waals surface area contributed by atoms with E-state index < -0.39 is 4.84 Å². The Kier molecular flexibility index (Phi) is 3.58. The summed E-state index contributed by atoms with van der Waals surface area (Å²) in [6.07, 6.45) is 0. The molecule has 0 unspecified atom stereocenters. The largest absolute Gasteiger partial charge is 0.313 e. The molecule has 0 atom stereocenters. The molecule has 0 heterocycles. The van der Waals surface area contributed by atoms with Crippen LogP contribution in [-0.2, 0) is 4.79 Å². The molecule has 13 heavy (non-hydrogen) atoms. The molecule has 69 valence electrons. The lowest BCUT2D eigenvalue weighted by Gasteiger charge is -2.16. The summed E-state index contributed by atoms with van der Waals surface area (Å²) < 4.78 is 0. The Bertz CT molecular complexity index is 287. The van der Waals surface area contributed by atoms with E-state index in [1.165, 1.54) is 4.90 Å². The lowest BCUT2D eigenvalue weighted by molar-refractivity contribution is -0.116. The number of rotatable bonds is 2. The zero-order chi connectivity index (χ0) is 9.84. The van der Waals surface area contributed by atoms with E-state index in [0.29, 0.717) is 5.69 Å². The van der Waals surface area contributed by atoms with Gasteiger partial charge in [0.05, 0.1) is 5.69 Å². The molecule has 1 amide bonds. The number of anilines is 1. The fourth-order valence-corrected chi connectivity index (χ4v) is 1.15. The highest BCUT2D eigenvalue weighted by Gasteiger charge is 2.17. The molecule has 0 aromatic heterocycles. The summed E-state index contributed by atoms with van der Waals surface area (Å²) in [5.74, 6) is -0.356.